The molecule has 0 amide bonds. The van der Waals surface area contributed by atoms with Crippen molar-refractivity contribution >= 4 is 0 Å². The molecule has 0 atom stereocenters. The fraction of sp³-hybridized carbons (Fsp3) is 0.176. The number of hydrogen-bond donors (Lipinski definition) is 0. The molecule has 3 aromatic rings. The maximum Gasteiger partial charge on any atom is 0.262 e. The topological polar surface area (TPSA) is 66.6 Å². The lowest BCUT2D eigenvalue weighted by Gasteiger charge is -2.13. The van der Waals surface area contributed by atoms with Gasteiger partial charge < -0.3 is 18.7 Å². The van der Waals surface area contributed by atoms with E-state index in [9.17, 15) is 4.39 Å². The Morgan fingerprint density at radius 1 is 0.875 bits per heavy atom. The van der Waals surface area contributed by atoms with Crippen molar-refractivity contribution in [2.45, 2.75) is 0 Å². The molecule has 2 aromatic carbocycles. The molecule has 0 aliphatic heterocycles. The van der Waals surface area contributed by atoms with Crippen molar-refractivity contribution in [2.75, 3.05) is 21.3 Å². The van der Waals surface area contributed by atoms with Crippen LogP contribution >= 0.6 is 0 Å². The smallest absolute Gasteiger partial charge is 0.262 e. The number of methoxy groups -OCH3 is 3. The highest BCUT2D eigenvalue weighted by atomic mass is 19.1. The maximum atomic E-state index is 13.0. The van der Waals surface area contributed by atoms with Crippen LogP contribution in [0.25, 0.3) is 22.8 Å². The van der Waals surface area contributed by atoms with Crippen LogP contribution < -0.4 is 14.2 Å². The quantitative estimate of drug-likeness (QED) is 0.712. The summed E-state index contributed by atoms with van der Waals surface area (Å²) in [5.41, 5.74) is 1.21. The predicted octanol–water partition coefficient (Wildman–Crippen LogP) is 3.57. The van der Waals surface area contributed by atoms with Crippen molar-refractivity contribution < 1.29 is 23.1 Å². The molecule has 0 aliphatic rings. The third-order valence-corrected chi connectivity index (χ3v) is 3.46. The van der Waals surface area contributed by atoms with Gasteiger partial charge in [-0.15, -0.1) is 0 Å². The summed E-state index contributed by atoms with van der Waals surface area (Å²) >= 11 is 0. The summed E-state index contributed by atoms with van der Waals surface area (Å²) in [4.78, 5) is 4.34. The zero-order valence-electron chi connectivity index (χ0n) is 13.4. The van der Waals surface area contributed by atoms with Crippen LogP contribution in [0, 0.1) is 5.82 Å². The van der Waals surface area contributed by atoms with Crippen LogP contribution in [0.3, 0.4) is 0 Å². The monoisotopic (exact) mass is 330 g/mol. The first kappa shape index (κ1) is 15.8. The predicted molar refractivity (Wildman–Crippen MR) is 84.8 cm³/mol. The highest BCUT2D eigenvalue weighted by Crippen LogP contribution is 2.43. The molecule has 24 heavy (non-hydrogen) atoms. The van der Waals surface area contributed by atoms with E-state index in [-0.39, 0.29) is 11.7 Å². The molecular weight excluding hydrogens is 315 g/mol. The molecule has 0 spiro atoms. The number of hydrogen-bond acceptors (Lipinski definition) is 6. The molecule has 0 unspecified atom stereocenters. The minimum atomic E-state index is -0.330. The minimum Gasteiger partial charge on any atom is -0.493 e. The number of benzene rings is 2. The Balaban J connectivity index is 2.05. The Kier molecular flexibility index (Phi) is 4.33. The summed E-state index contributed by atoms with van der Waals surface area (Å²) in [6.07, 6.45) is 0. The molecule has 0 bridgehead atoms. The van der Waals surface area contributed by atoms with Crippen molar-refractivity contribution in [3.05, 3.63) is 42.2 Å². The van der Waals surface area contributed by atoms with Crippen molar-refractivity contribution in [3.63, 3.8) is 0 Å². The SMILES string of the molecule is COc1ccc(-c2nc(-c3ccc(F)cc3)no2)c(OC)c1OC. The number of nitrogens with zero attached hydrogens (tertiary/aromatic N) is 2. The van der Waals surface area contributed by atoms with Gasteiger partial charge in [0.25, 0.3) is 5.89 Å². The van der Waals surface area contributed by atoms with Crippen molar-refractivity contribution in [3.8, 4) is 40.1 Å². The van der Waals surface area contributed by atoms with Crippen molar-refractivity contribution in [1.82, 2.24) is 10.1 Å². The molecule has 3 rings (SSSR count). The van der Waals surface area contributed by atoms with Gasteiger partial charge in [-0.05, 0) is 36.4 Å². The zero-order chi connectivity index (χ0) is 17.1. The van der Waals surface area contributed by atoms with E-state index in [2.05, 4.69) is 10.1 Å². The Morgan fingerprint density at radius 2 is 1.58 bits per heavy atom. The highest BCUT2D eigenvalue weighted by molar-refractivity contribution is 5.72. The first-order valence-corrected chi connectivity index (χ1v) is 7.07. The van der Waals surface area contributed by atoms with Crippen LogP contribution in [0.5, 0.6) is 17.2 Å². The van der Waals surface area contributed by atoms with Gasteiger partial charge in [0.15, 0.2) is 11.5 Å². The summed E-state index contributed by atoms with van der Waals surface area (Å²) in [5.74, 6) is 1.65. The number of rotatable bonds is 5. The molecule has 0 fully saturated rings. The van der Waals surface area contributed by atoms with E-state index in [0.29, 0.717) is 34.2 Å². The minimum absolute atomic E-state index is 0.257. The van der Waals surface area contributed by atoms with Crippen molar-refractivity contribution in [2.24, 2.45) is 0 Å². The molecule has 1 aromatic heterocycles. The van der Waals surface area contributed by atoms with Crippen LogP contribution in [0.2, 0.25) is 0 Å². The third-order valence-electron chi connectivity index (χ3n) is 3.46. The van der Waals surface area contributed by atoms with E-state index in [1.54, 1.807) is 24.3 Å². The summed E-state index contributed by atoms with van der Waals surface area (Å²) in [5, 5.41) is 3.93. The Labute approximate surface area is 137 Å². The van der Waals surface area contributed by atoms with Crippen LogP contribution in [0.1, 0.15) is 0 Å². The maximum absolute atomic E-state index is 13.0. The van der Waals surface area contributed by atoms with Gasteiger partial charge in [0.1, 0.15) is 5.82 Å². The van der Waals surface area contributed by atoms with Gasteiger partial charge in [-0.3, -0.25) is 0 Å². The van der Waals surface area contributed by atoms with Crippen LogP contribution in [0.4, 0.5) is 4.39 Å². The number of ether oxygens (including phenoxy) is 3. The second-order valence-corrected chi connectivity index (χ2v) is 4.81. The molecule has 0 saturated carbocycles. The van der Waals surface area contributed by atoms with E-state index in [4.69, 9.17) is 18.7 Å². The largest absolute Gasteiger partial charge is 0.493 e. The fourth-order valence-electron chi connectivity index (χ4n) is 2.32. The molecule has 1 heterocycles. The standard InChI is InChI=1S/C17H15FN2O4/c1-21-13-9-8-12(14(22-2)15(13)23-3)17-19-16(20-24-17)10-4-6-11(18)7-5-10/h4-9H,1-3H3. The zero-order valence-corrected chi connectivity index (χ0v) is 13.4. The Hall–Kier alpha value is -3.09. The summed E-state index contributed by atoms with van der Waals surface area (Å²) in [7, 11) is 4.57. The van der Waals surface area contributed by atoms with E-state index in [1.165, 1.54) is 33.5 Å². The highest BCUT2D eigenvalue weighted by Gasteiger charge is 2.21. The third kappa shape index (κ3) is 2.76. The summed E-state index contributed by atoms with van der Waals surface area (Å²) in [6, 6.07) is 9.29. The molecule has 0 saturated heterocycles. The van der Waals surface area contributed by atoms with E-state index in [1.807, 2.05) is 0 Å². The van der Waals surface area contributed by atoms with Gasteiger partial charge in [-0.25, -0.2) is 4.39 Å². The lowest BCUT2D eigenvalue weighted by molar-refractivity contribution is 0.324. The van der Waals surface area contributed by atoms with Gasteiger partial charge in [0.05, 0.1) is 26.9 Å². The molecule has 6 nitrogen and oxygen atoms in total. The van der Waals surface area contributed by atoms with Gasteiger partial charge in [0.2, 0.25) is 11.6 Å². The van der Waals surface area contributed by atoms with Crippen molar-refractivity contribution in [1.29, 1.82) is 0 Å². The average molecular weight is 330 g/mol. The van der Waals surface area contributed by atoms with Crippen LogP contribution in [-0.2, 0) is 0 Å². The second-order valence-electron chi connectivity index (χ2n) is 4.81. The molecule has 124 valence electrons. The van der Waals surface area contributed by atoms with E-state index >= 15 is 0 Å². The van der Waals surface area contributed by atoms with Gasteiger partial charge in [-0.1, -0.05) is 5.16 Å². The Morgan fingerprint density at radius 3 is 2.21 bits per heavy atom. The lowest BCUT2D eigenvalue weighted by Crippen LogP contribution is -1.97. The van der Waals surface area contributed by atoms with Gasteiger partial charge >= 0.3 is 0 Å². The number of aromatic nitrogens is 2. The summed E-state index contributed by atoms with van der Waals surface area (Å²) in [6.45, 7) is 0. The number of halogens is 1. The van der Waals surface area contributed by atoms with Gasteiger partial charge in [0, 0.05) is 5.56 Å². The molecule has 0 aliphatic carbocycles. The summed E-state index contributed by atoms with van der Waals surface area (Å²) < 4.78 is 34.3. The first-order chi connectivity index (χ1) is 11.7. The normalized spacial score (nSPS) is 10.5. The molecule has 0 radical (unpaired) electrons. The van der Waals surface area contributed by atoms with Crippen LogP contribution in [-0.4, -0.2) is 31.5 Å². The first-order valence-electron chi connectivity index (χ1n) is 7.07. The molecular formula is C17H15FN2O4. The van der Waals surface area contributed by atoms with Crippen LogP contribution in [0.15, 0.2) is 40.9 Å². The Bertz CT molecular complexity index is 846. The second kappa shape index (κ2) is 6.57. The van der Waals surface area contributed by atoms with Gasteiger partial charge in [-0.2, -0.15) is 4.98 Å². The molecule has 7 heteroatoms. The fourth-order valence-corrected chi connectivity index (χ4v) is 2.32. The van der Waals surface area contributed by atoms with E-state index in [0.717, 1.165) is 0 Å². The van der Waals surface area contributed by atoms with E-state index < -0.39 is 0 Å². The average Bonchev–Trinajstić information content (AvgIpc) is 3.10. The lowest BCUT2D eigenvalue weighted by atomic mass is 10.1. The molecule has 0 N–H and O–H groups in total.